The zero-order valence-electron chi connectivity index (χ0n) is 13.7. The largest absolute Gasteiger partial charge is 0.379 e. The summed E-state index contributed by atoms with van der Waals surface area (Å²) in [5.74, 6) is -0.500. The van der Waals surface area contributed by atoms with Gasteiger partial charge in [0.25, 0.3) is 0 Å². The van der Waals surface area contributed by atoms with Gasteiger partial charge < -0.3 is 4.74 Å². The lowest BCUT2D eigenvalue weighted by molar-refractivity contribution is -0.247. The van der Waals surface area contributed by atoms with E-state index in [1.807, 2.05) is 56.3 Å². The van der Waals surface area contributed by atoms with Crippen LogP contribution in [0, 0.1) is 0 Å². The molecule has 0 aliphatic heterocycles. The van der Waals surface area contributed by atoms with Crippen molar-refractivity contribution in [1.82, 2.24) is 0 Å². The Labute approximate surface area is 136 Å². The van der Waals surface area contributed by atoms with Gasteiger partial charge in [0.2, 0.25) is 0 Å². The van der Waals surface area contributed by atoms with E-state index in [1.54, 1.807) is 19.2 Å². The highest BCUT2D eigenvalue weighted by atomic mass is 17.2. The van der Waals surface area contributed by atoms with Crippen LogP contribution < -0.4 is 0 Å². The van der Waals surface area contributed by atoms with E-state index in [9.17, 15) is 4.79 Å². The summed E-state index contributed by atoms with van der Waals surface area (Å²) in [7, 11) is 1.64. The molecule has 0 saturated carbocycles. The summed E-state index contributed by atoms with van der Waals surface area (Å²) in [4.78, 5) is 21.7. The molecule has 122 valence electrons. The highest BCUT2D eigenvalue weighted by Gasteiger charge is 2.17. The summed E-state index contributed by atoms with van der Waals surface area (Å²) in [5.41, 5.74) is 2.30. The molecule has 0 fully saturated rings. The number of methoxy groups -OCH3 is 1. The maximum atomic E-state index is 11.9. The Morgan fingerprint density at radius 1 is 0.957 bits per heavy atom. The molecule has 2 rings (SSSR count). The molecule has 0 aromatic heterocycles. The van der Waals surface area contributed by atoms with Crippen LogP contribution in [0.3, 0.4) is 0 Å². The van der Waals surface area contributed by atoms with E-state index in [4.69, 9.17) is 14.5 Å². The fraction of sp³-hybridized carbons (Fsp3) is 0.316. The molecular formula is C19H22O4. The van der Waals surface area contributed by atoms with Crippen LogP contribution in [0.5, 0.6) is 0 Å². The van der Waals surface area contributed by atoms with E-state index in [-0.39, 0.29) is 12.2 Å². The Morgan fingerprint density at radius 3 is 2.17 bits per heavy atom. The van der Waals surface area contributed by atoms with Gasteiger partial charge in [0, 0.05) is 13.5 Å². The van der Waals surface area contributed by atoms with Crippen LogP contribution >= 0.6 is 0 Å². The van der Waals surface area contributed by atoms with Crippen LogP contribution in [0.25, 0.3) is 11.1 Å². The van der Waals surface area contributed by atoms with Crippen LogP contribution in [0.15, 0.2) is 54.6 Å². The van der Waals surface area contributed by atoms with Crippen molar-refractivity contribution in [2.75, 3.05) is 13.7 Å². The Balaban J connectivity index is 1.86. The summed E-state index contributed by atoms with van der Waals surface area (Å²) in [6.07, 6.45) is 0.629. The van der Waals surface area contributed by atoms with E-state index >= 15 is 0 Å². The fourth-order valence-corrected chi connectivity index (χ4v) is 1.96. The van der Waals surface area contributed by atoms with Crippen molar-refractivity contribution in [2.24, 2.45) is 0 Å². The summed E-state index contributed by atoms with van der Waals surface area (Å²) < 4.78 is 5.26. The molecule has 2 aromatic carbocycles. The van der Waals surface area contributed by atoms with Gasteiger partial charge in [0.05, 0.1) is 17.8 Å². The quantitative estimate of drug-likeness (QED) is 0.435. The number of hydrogen-bond acceptors (Lipinski definition) is 4. The standard InChI is InChI=1S/C19H22O4/c1-19(2,21-3)13-14-22-23-18(20)17-11-9-16(10-12-17)15-7-5-4-6-8-15/h4-12H,13-14H2,1-3H3. The highest BCUT2D eigenvalue weighted by Crippen LogP contribution is 2.19. The molecule has 0 aliphatic carbocycles. The summed E-state index contributed by atoms with van der Waals surface area (Å²) >= 11 is 0. The van der Waals surface area contributed by atoms with Crippen LogP contribution in [-0.4, -0.2) is 25.3 Å². The average molecular weight is 314 g/mol. The van der Waals surface area contributed by atoms with Gasteiger partial charge in [-0.1, -0.05) is 42.5 Å². The van der Waals surface area contributed by atoms with Gasteiger partial charge in [-0.25, -0.2) is 4.79 Å². The predicted molar refractivity (Wildman–Crippen MR) is 89.0 cm³/mol. The minimum absolute atomic E-state index is 0.286. The predicted octanol–water partition coefficient (Wildman–Crippen LogP) is 4.26. The maximum absolute atomic E-state index is 11.9. The van der Waals surface area contributed by atoms with Crippen molar-refractivity contribution in [3.8, 4) is 11.1 Å². The minimum Gasteiger partial charge on any atom is -0.379 e. The molecule has 0 unspecified atom stereocenters. The summed E-state index contributed by atoms with van der Waals surface area (Å²) in [6, 6.07) is 17.2. The van der Waals surface area contributed by atoms with Gasteiger partial charge >= 0.3 is 5.97 Å². The highest BCUT2D eigenvalue weighted by molar-refractivity contribution is 5.89. The SMILES string of the molecule is COC(C)(C)CCOOC(=O)c1ccc(-c2ccccc2)cc1. The first kappa shape index (κ1) is 17.2. The molecule has 4 nitrogen and oxygen atoms in total. The van der Waals surface area contributed by atoms with Gasteiger partial charge in [-0.05, 0) is 37.1 Å². The zero-order valence-corrected chi connectivity index (χ0v) is 13.7. The zero-order chi connectivity index (χ0) is 16.7. The first-order valence-corrected chi connectivity index (χ1v) is 7.56. The third-order valence-electron chi connectivity index (χ3n) is 3.70. The van der Waals surface area contributed by atoms with Crippen molar-refractivity contribution in [1.29, 1.82) is 0 Å². The Kier molecular flexibility index (Phi) is 5.90. The van der Waals surface area contributed by atoms with Crippen LogP contribution in [-0.2, 0) is 14.5 Å². The topological polar surface area (TPSA) is 44.8 Å². The number of rotatable bonds is 7. The molecule has 0 atom stereocenters. The van der Waals surface area contributed by atoms with E-state index in [0.29, 0.717) is 12.0 Å². The van der Waals surface area contributed by atoms with Crippen LogP contribution in [0.4, 0.5) is 0 Å². The van der Waals surface area contributed by atoms with E-state index < -0.39 is 5.97 Å². The number of benzene rings is 2. The molecule has 0 aliphatic rings. The molecule has 0 spiro atoms. The van der Waals surface area contributed by atoms with Crippen LogP contribution in [0.2, 0.25) is 0 Å². The molecular weight excluding hydrogens is 292 g/mol. The van der Waals surface area contributed by atoms with E-state index in [1.165, 1.54) is 0 Å². The molecule has 0 N–H and O–H groups in total. The number of carbonyl (C=O) groups excluding carboxylic acids is 1. The van der Waals surface area contributed by atoms with E-state index in [0.717, 1.165) is 11.1 Å². The Hall–Kier alpha value is -2.17. The monoisotopic (exact) mass is 314 g/mol. The van der Waals surface area contributed by atoms with Crippen molar-refractivity contribution >= 4 is 5.97 Å². The molecule has 0 saturated heterocycles. The van der Waals surface area contributed by atoms with Gasteiger partial charge in [0.15, 0.2) is 0 Å². The number of ether oxygens (including phenoxy) is 1. The Bertz CT molecular complexity index is 618. The third-order valence-corrected chi connectivity index (χ3v) is 3.70. The molecule has 4 heteroatoms. The fourth-order valence-electron chi connectivity index (χ4n) is 1.96. The van der Waals surface area contributed by atoms with Crippen LogP contribution in [0.1, 0.15) is 30.6 Å². The van der Waals surface area contributed by atoms with Crippen molar-refractivity contribution in [2.45, 2.75) is 25.9 Å². The number of carbonyl (C=O) groups is 1. The molecule has 0 radical (unpaired) electrons. The van der Waals surface area contributed by atoms with Gasteiger partial charge in [0.1, 0.15) is 0 Å². The summed E-state index contributed by atoms with van der Waals surface area (Å²) in [5, 5.41) is 0. The Morgan fingerprint density at radius 2 is 1.57 bits per heavy atom. The van der Waals surface area contributed by atoms with Crippen molar-refractivity contribution < 1.29 is 19.3 Å². The first-order valence-electron chi connectivity index (χ1n) is 7.56. The molecule has 0 bridgehead atoms. The van der Waals surface area contributed by atoms with Gasteiger partial charge in [-0.15, -0.1) is 0 Å². The first-order chi connectivity index (χ1) is 11.0. The normalized spacial score (nSPS) is 11.3. The second kappa shape index (κ2) is 7.90. The lowest BCUT2D eigenvalue weighted by Gasteiger charge is -2.21. The van der Waals surface area contributed by atoms with E-state index in [2.05, 4.69) is 0 Å². The lowest BCUT2D eigenvalue weighted by Crippen LogP contribution is -2.24. The number of hydrogen-bond donors (Lipinski definition) is 0. The molecule has 0 heterocycles. The second-order valence-electron chi connectivity index (χ2n) is 5.85. The smallest absolute Gasteiger partial charge is 0.373 e. The molecule has 23 heavy (non-hydrogen) atoms. The second-order valence-corrected chi connectivity index (χ2v) is 5.85. The van der Waals surface area contributed by atoms with Crippen molar-refractivity contribution in [3.05, 3.63) is 60.2 Å². The van der Waals surface area contributed by atoms with Crippen molar-refractivity contribution in [3.63, 3.8) is 0 Å². The minimum atomic E-state index is -0.500. The average Bonchev–Trinajstić information content (AvgIpc) is 2.59. The molecule has 0 amide bonds. The van der Waals surface area contributed by atoms with Gasteiger partial charge in [-0.3, -0.25) is 4.89 Å². The lowest BCUT2D eigenvalue weighted by atomic mass is 10.0. The summed E-state index contributed by atoms with van der Waals surface area (Å²) in [6.45, 7) is 4.18. The third kappa shape index (κ3) is 5.20. The molecule has 2 aromatic rings. The van der Waals surface area contributed by atoms with Gasteiger partial charge in [-0.2, -0.15) is 4.89 Å². The maximum Gasteiger partial charge on any atom is 0.373 e.